The van der Waals surface area contributed by atoms with E-state index < -0.39 is 0 Å². The van der Waals surface area contributed by atoms with Crippen LogP contribution in [0.4, 0.5) is 11.4 Å². The second-order valence-electron chi connectivity index (χ2n) is 5.74. The summed E-state index contributed by atoms with van der Waals surface area (Å²) in [7, 11) is 0. The number of Topliss-reactive ketones (excluding diaryl/α,β-unsaturated/α-hetero) is 1. The monoisotopic (exact) mass is 328 g/mol. The van der Waals surface area contributed by atoms with Crippen molar-refractivity contribution in [3.63, 3.8) is 0 Å². The summed E-state index contributed by atoms with van der Waals surface area (Å²) < 4.78 is 0. The van der Waals surface area contributed by atoms with Crippen LogP contribution in [0.2, 0.25) is 0 Å². The second-order valence-corrected chi connectivity index (χ2v) is 6.82. The third-order valence-electron chi connectivity index (χ3n) is 4.03. The average molecular weight is 328 g/mol. The number of amides is 1. The van der Waals surface area contributed by atoms with Crippen molar-refractivity contribution in [2.75, 3.05) is 23.3 Å². The number of hydrogen-bond donors (Lipinski definition) is 1. The number of anilines is 2. The zero-order chi connectivity index (χ0) is 16.2. The van der Waals surface area contributed by atoms with Gasteiger partial charge in [-0.2, -0.15) is 0 Å². The van der Waals surface area contributed by atoms with E-state index in [2.05, 4.69) is 16.3 Å². The molecule has 120 valence electrons. The lowest BCUT2D eigenvalue weighted by Gasteiger charge is -2.30. The van der Waals surface area contributed by atoms with E-state index in [0.717, 1.165) is 24.5 Å². The summed E-state index contributed by atoms with van der Waals surface area (Å²) >= 11 is 1.23. The number of hydrogen-bond acceptors (Lipinski definition) is 4. The Morgan fingerprint density at radius 3 is 2.39 bits per heavy atom. The first-order chi connectivity index (χ1) is 11.1. The van der Waals surface area contributed by atoms with Crippen LogP contribution in [0, 0.1) is 0 Å². The number of thiophene rings is 1. The highest BCUT2D eigenvalue weighted by molar-refractivity contribution is 7.16. The Kier molecular flexibility index (Phi) is 4.76. The highest BCUT2D eigenvalue weighted by Crippen LogP contribution is 2.29. The van der Waals surface area contributed by atoms with Crippen molar-refractivity contribution in [2.24, 2.45) is 0 Å². The standard InChI is InChI=1S/C18H20N2O2S/c1-13(21)16-9-10-17(23-16)18(22)19-14-7-3-4-8-15(14)20-11-5-2-6-12-20/h3-4,7-10H,2,5-6,11-12H2,1H3,(H,19,22). The predicted molar refractivity (Wildman–Crippen MR) is 94.8 cm³/mol. The molecule has 0 unspecified atom stereocenters. The van der Waals surface area contributed by atoms with E-state index >= 15 is 0 Å². The van der Waals surface area contributed by atoms with Crippen molar-refractivity contribution >= 4 is 34.4 Å². The Morgan fingerprint density at radius 1 is 1.00 bits per heavy atom. The van der Waals surface area contributed by atoms with Crippen molar-refractivity contribution in [2.45, 2.75) is 26.2 Å². The second kappa shape index (κ2) is 6.96. The van der Waals surface area contributed by atoms with Crippen LogP contribution in [0.3, 0.4) is 0 Å². The van der Waals surface area contributed by atoms with Crippen LogP contribution in [0.15, 0.2) is 36.4 Å². The van der Waals surface area contributed by atoms with E-state index in [9.17, 15) is 9.59 Å². The summed E-state index contributed by atoms with van der Waals surface area (Å²) in [5.74, 6) is -0.172. The summed E-state index contributed by atoms with van der Waals surface area (Å²) in [4.78, 5) is 27.3. The maximum absolute atomic E-state index is 12.5. The van der Waals surface area contributed by atoms with Crippen LogP contribution in [0.25, 0.3) is 0 Å². The van der Waals surface area contributed by atoms with Crippen molar-refractivity contribution in [1.82, 2.24) is 0 Å². The SMILES string of the molecule is CC(=O)c1ccc(C(=O)Nc2ccccc2N2CCCCC2)s1. The number of nitrogens with zero attached hydrogens (tertiary/aromatic N) is 1. The topological polar surface area (TPSA) is 49.4 Å². The highest BCUT2D eigenvalue weighted by Gasteiger charge is 2.17. The van der Waals surface area contributed by atoms with E-state index in [1.165, 1.54) is 37.5 Å². The lowest BCUT2D eigenvalue weighted by molar-refractivity contribution is 0.101. The number of carbonyl (C=O) groups is 2. The summed E-state index contributed by atoms with van der Waals surface area (Å²) in [6.07, 6.45) is 3.65. The fourth-order valence-corrected chi connectivity index (χ4v) is 3.62. The largest absolute Gasteiger partial charge is 0.370 e. The molecule has 0 bridgehead atoms. The van der Waals surface area contributed by atoms with Crippen LogP contribution in [0.1, 0.15) is 45.5 Å². The molecule has 1 N–H and O–H groups in total. The molecule has 1 amide bonds. The first-order valence-corrected chi connectivity index (χ1v) is 8.73. The third-order valence-corrected chi connectivity index (χ3v) is 5.21. The van der Waals surface area contributed by atoms with E-state index in [0.29, 0.717) is 9.75 Å². The lowest BCUT2D eigenvalue weighted by atomic mass is 10.1. The van der Waals surface area contributed by atoms with Gasteiger partial charge >= 0.3 is 0 Å². The van der Waals surface area contributed by atoms with Crippen LogP contribution in [-0.2, 0) is 0 Å². The minimum absolute atomic E-state index is 0.0113. The Hall–Kier alpha value is -2.14. The van der Waals surface area contributed by atoms with Crippen LogP contribution >= 0.6 is 11.3 Å². The number of benzene rings is 1. The summed E-state index contributed by atoms with van der Waals surface area (Å²) in [6, 6.07) is 11.3. The van der Waals surface area contributed by atoms with Gasteiger partial charge in [0.25, 0.3) is 5.91 Å². The van der Waals surface area contributed by atoms with Crippen molar-refractivity contribution < 1.29 is 9.59 Å². The number of nitrogens with one attached hydrogen (secondary N) is 1. The van der Waals surface area contributed by atoms with Crippen LogP contribution in [0.5, 0.6) is 0 Å². The smallest absolute Gasteiger partial charge is 0.265 e. The molecule has 4 nitrogen and oxygen atoms in total. The molecule has 1 aliphatic rings. The Balaban J connectivity index is 1.79. The summed E-state index contributed by atoms with van der Waals surface area (Å²) in [5.41, 5.74) is 1.90. The molecular weight excluding hydrogens is 308 g/mol. The molecular formula is C18H20N2O2S. The minimum Gasteiger partial charge on any atom is -0.370 e. The number of para-hydroxylation sites is 2. The number of ketones is 1. The molecule has 1 aromatic heterocycles. The Labute approximate surface area is 140 Å². The molecule has 1 aromatic carbocycles. The molecule has 0 spiro atoms. The minimum atomic E-state index is -0.160. The number of piperidine rings is 1. The molecule has 23 heavy (non-hydrogen) atoms. The van der Waals surface area contributed by atoms with Gasteiger partial charge in [0.2, 0.25) is 0 Å². The molecule has 1 aliphatic heterocycles. The molecule has 2 aromatic rings. The Morgan fingerprint density at radius 2 is 1.70 bits per heavy atom. The van der Waals surface area contributed by atoms with Crippen LogP contribution < -0.4 is 10.2 Å². The summed E-state index contributed by atoms with van der Waals surface area (Å²) in [6.45, 7) is 3.57. The van der Waals surface area contributed by atoms with Gasteiger partial charge in [-0.15, -0.1) is 11.3 Å². The highest BCUT2D eigenvalue weighted by atomic mass is 32.1. The molecule has 0 radical (unpaired) electrons. The number of carbonyl (C=O) groups excluding carboxylic acids is 2. The molecule has 0 atom stereocenters. The molecule has 5 heteroatoms. The average Bonchev–Trinajstić information content (AvgIpc) is 3.07. The maximum atomic E-state index is 12.5. The Bertz CT molecular complexity index is 717. The van der Waals surface area contributed by atoms with Gasteiger partial charge in [0.05, 0.1) is 21.1 Å². The molecule has 1 fully saturated rings. The van der Waals surface area contributed by atoms with Gasteiger partial charge in [-0.1, -0.05) is 12.1 Å². The lowest BCUT2D eigenvalue weighted by Crippen LogP contribution is -2.30. The van der Waals surface area contributed by atoms with Gasteiger partial charge in [0.15, 0.2) is 5.78 Å². The molecule has 1 saturated heterocycles. The predicted octanol–water partition coefficient (Wildman–Crippen LogP) is 4.19. The first-order valence-electron chi connectivity index (χ1n) is 7.91. The fraction of sp³-hybridized carbons (Fsp3) is 0.333. The van der Waals surface area contributed by atoms with E-state index in [-0.39, 0.29) is 11.7 Å². The molecule has 0 saturated carbocycles. The zero-order valence-electron chi connectivity index (χ0n) is 13.2. The van der Waals surface area contributed by atoms with Crippen molar-refractivity contribution in [3.8, 4) is 0 Å². The number of rotatable bonds is 4. The van der Waals surface area contributed by atoms with E-state index in [1.807, 2.05) is 18.2 Å². The third kappa shape index (κ3) is 3.62. The molecule has 0 aliphatic carbocycles. The van der Waals surface area contributed by atoms with Gasteiger partial charge in [0, 0.05) is 13.1 Å². The molecule has 3 rings (SSSR count). The first kappa shape index (κ1) is 15.7. The van der Waals surface area contributed by atoms with E-state index in [1.54, 1.807) is 12.1 Å². The van der Waals surface area contributed by atoms with E-state index in [4.69, 9.17) is 0 Å². The zero-order valence-corrected chi connectivity index (χ0v) is 14.0. The van der Waals surface area contributed by atoms with Gasteiger partial charge in [-0.25, -0.2) is 0 Å². The quantitative estimate of drug-likeness (QED) is 0.856. The van der Waals surface area contributed by atoms with Crippen molar-refractivity contribution in [1.29, 1.82) is 0 Å². The maximum Gasteiger partial charge on any atom is 0.265 e. The molecule has 2 heterocycles. The van der Waals surface area contributed by atoms with Gasteiger partial charge < -0.3 is 10.2 Å². The van der Waals surface area contributed by atoms with Gasteiger partial charge in [0.1, 0.15) is 0 Å². The normalized spacial score (nSPS) is 14.6. The fourth-order valence-electron chi connectivity index (χ4n) is 2.82. The van der Waals surface area contributed by atoms with Crippen LogP contribution in [-0.4, -0.2) is 24.8 Å². The van der Waals surface area contributed by atoms with Gasteiger partial charge in [-0.3, -0.25) is 9.59 Å². The van der Waals surface area contributed by atoms with Gasteiger partial charge in [-0.05, 0) is 50.5 Å². The summed E-state index contributed by atoms with van der Waals surface area (Å²) in [5, 5.41) is 2.99. The van der Waals surface area contributed by atoms with Crippen molar-refractivity contribution in [3.05, 3.63) is 46.2 Å².